The molecule has 2 heterocycles. The lowest BCUT2D eigenvalue weighted by Crippen LogP contribution is -2.49. The highest BCUT2D eigenvalue weighted by Gasteiger charge is 2.31. The van der Waals surface area contributed by atoms with Gasteiger partial charge in [0.05, 0.1) is 6.54 Å². The number of nitrogens with one attached hydrogen (secondary N) is 1. The van der Waals surface area contributed by atoms with E-state index in [1.807, 2.05) is 6.08 Å². The summed E-state index contributed by atoms with van der Waals surface area (Å²) < 4.78 is 18.7. The molecular formula is C18H22FN3O. The van der Waals surface area contributed by atoms with Gasteiger partial charge in [-0.3, -0.25) is 4.90 Å². The van der Waals surface area contributed by atoms with Gasteiger partial charge in [0.2, 0.25) is 0 Å². The van der Waals surface area contributed by atoms with Crippen LogP contribution in [0.15, 0.2) is 48.0 Å². The van der Waals surface area contributed by atoms with E-state index in [0.717, 1.165) is 38.0 Å². The molecule has 2 fully saturated rings. The molecule has 0 amide bonds. The first kappa shape index (κ1) is 14.6. The fourth-order valence-corrected chi connectivity index (χ4v) is 3.18. The van der Waals surface area contributed by atoms with Crippen LogP contribution < -0.4 is 10.1 Å². The van der Waals surface area contributed by atoms with Gasteiger partial charge >= 0.3 is 0 Å². The minimum absolute atomic E-state index is 0.249. The minimum Gasteiger partial charge on any atom is -0.460 e. The molecule has 0 spiro atoms. The van der Waals surface area contributed by atoms with Crippen molar-refractivity contribution in [1.82, 2.24) is 15.1 Å². The number of piperazine rings is 1. The number of ether oxygens (including phenoxy) is 1. The van der Waals surface area contributed by atoms with E-state index in [-0.39, 0.29) is 5.82 Å². The van der Waals surface area contributed by atoms with E-state index in [0.29, 0.717) is 12.3 Å². The monoisotopic (exact) mass is 315 g/mol. The number of nitrogens with zero attached hydrogens (tertiary/aromatic N) is 2. The Hall–Kier alpha value is -2.01. The van der Waals surface area contributed by atoms with Crippen molar-refractivity contribution in [2.24, 2.45) is 0 Å². The van der Waals surface area contributed by atoms with Crippen LogP contribution in [0.25, 0.3) is 0 Å². The minimum atomic E-state index is -0.249. The van der Waals surface area contributed by atoms with Gasteiger partial charge < -0.3 is 15.0 Å². The first-order valence-corrected chi connectivity index (χ1v) is 8.35. The molecular weight excluding hydrogens is 293 g/mol. The van der Waals surface area contributed by atoms with Crippen molar-refractivity contribution >= 4 is 0 Å². The maximum atomic E-state index is 12.9. The molecule has 1 saturated heterocycles. The lowest BCUT2D eigenvalue weighted by molar-refractivity contribution is 0.145. The highest BCUT2D eigenvalue weighted by atomic mass is 19.1. The Kier molecular flexibility index (Phi) is 3.95. The molecule has 4 nitrogen and oxygen atoms in total. The van der Waals surface area contributed by atoms with Crippen LogP contribution >= 0.6 is 0 Å². The van der Waals surface area contributed by atoms with E-state index < -0.39 is 0 Å². The molecule has 5 heteroatoms. The van der Waals surface area contributed by atoms with Crippen molar-refractivity contribution < 1.29 is 9.13 Å². The topological polar surface area (TPSA) is 27.7 Å². The van der Waals surface area contributed by atoms with E-state index in [1.165, 1.54) is 30.8 Å². The molecule has 0 aromatic heterocycles. The highest BCUT2D eigenvalue weighted by Crippen LogP contribution is 2.28. The van der Waals surface area contributed by atoms with Crippen LogP contribution in [0.3, 0.4) is 0 Å². The van der Waals surface area contributed by atoms with Gasteiger partial charge in [0.15, 0.2) is 0 Å². The van der Waals surface area contributed by atoms with Crippen molar-refractivity contribution in [1.29, 1.82) is 0 Å². The van der Waals surface area contributed by atoms with Gasteiger partial charge in [-0.2, -0.15) is 0 Å². The van der Waals surface area contributed by atoms with Crippen molar-refractivity contribution in [3.05, 3.63) is 53.8 Å². The van der Waals surface area contributed by atoms with E-state index in [1.54, 1.807) is 12.1 Å². The number of halogens is 1. The third-order valence-corrected chi connectivity index (χ3v) is 4.65. The van der Waals surface area contributed by atoms with E-state index in [4.69, 9.17) is 4.74 Å². The molecule has 23 heavy (non-hydrogen) atoms. The van der Waals surface area contributed by atoms with Gasteiger partial charge in [-0.05, 0) is 49.3 Å². The molecule has 1 aliphatic carbocycles. The maximum Gasteiger partial charge on any atom is 0.127 e. The predicted molar refractivity (Wildman–Crippen MR) is 87.4 cm³/mol. The summed E-state index contributed by atoms with van der Waals surface area (Å²) in [6.07, 6.45) is 6.85. The van der Waals surface area contributed by atoms with Crippen molar-refractivity contribution in [2.45, 2.75) is 18.9 Å². The average molecular weight is 315 g/mol. The van der Waals surface area contributed by atoms with Crippen LogP contribution in [0, 0.1) is 5.82 Å². The van der Waals surface area contributed by atoms with Gasteiger partial charge in [-0.15, -0.1) is 0 Å². The summed E-state index contributed by atoms with van der Waals surface area (Å²) in [6, 6.07) is 6.97. The first-order valence-electron chi connectivity index (χ1n) is 8.35. The molecule has 0 unspecified atom stereocenters. The number of hydrogen-bond acceptors (Lipinski definition) is 4. The maximum absolute atomic E-state index is 12.9. The second-order valence-corrected chi connectivity index (χ2v) is 6.35. The van der Waals surface area contributed by atoms with Gasteiger partial charge in [-0.25, -0.2) is 4.39 Å². The zero-order valence-electron chi connectivity index (χ0n) is 13.2. The third-order valence-electron chi connectivity index (χ3n) is 4.65. The van der Waals surface area contributed by atoms with Crippen molar-refractivity contribution in [2.75, 3.05) is 32.7 Å². The summed E-state index contributed by atoms with van der Waals surface area (Å²) in [4.78, 5) is 5.02. The molecule has 1 aromatic carbocycles. The van der Waals surface area contributed by atoms with Gasteiger partial charge in [-0.1, -0.05) is 0 Å². The molecule has 1 aromatic rings. The quantitative estimate of drug-likeness (QED) is 0.923. The summed E-state index contributed by atoms with van der Waals surface area (Å²) >= 11 is 0. The Morgan fingerprint density at radius 3 is 2.35 bits per heavy atom. The molecule has 2 aliphatic heterocycles. The number of rotatable bonds is 4. The summed E-state index contributed by atoms with van der Waals surface area (Å²) in [5.74, 6) is 2.43. The largest absolute Gasteiger partial charge is 0.460 e. The average Bonchev–Trinajstić information content (AvgIpc) is 3.43. The third kappa shape index (κ3) is 3.50. The fourth-order valence-electron chi connectivity index (χ4n) is 3.18. The Morgan fingerprint density at radius 1 is 1.00 bits per heavy atom. The normalized spacial score (nSPS) is 22.2. The van der Waals surface area contributed by atoms with Crippen molar-refractivity contribution in [3.8, 4) is 5.75 Å². The Labute approximate surface area is 136 Å². The van der Waals surface area contributed by atoms with Crippen LogP contribution in [0.2, 0.25) is 0 Å². The summed E-state index contributed by atoms with van der Waals surface area (Å²) in [7, 11) is 0. The van der Waals surface area contributed by atoms with E-state index >= 15 is 0 Å². The number of allylic oxidation sites excluding steroid dienone is 2. The van der Waals surface area contributed by atoms with Crippen LogP contribution in [-0.2, 0) is 0 Å². The number of benzene rings is 1. The van der Waals surface area contributed by atoms with Gasteiger partial charge in [0, 0.05) is 32.2 Å². The molecule has 3 aliphatic rings. The summed E-state index contributed by atoms with van der Waals surface area (Å²) in [6.45, 7) is 5.14. The smallest absolute Gasteiger partial charge is 0.127 e. The molecule has 1 N–H and O–H groups in total. The van der Waals surface area contributed by atoms with Crippen molar-refractivity contribution in [3.63, 3.8) is 0 Å². The standard InChI is InChI=1S/C18H22FN3O/c19-14-1-5-16(6-2-14)23-17-7-8-18(20-13-17)22-11-9-21(10-12-22)15-3-4-15/h1-2,5-8,15,20H,3-4,9-13H2. The molecule has 0 bridgehead atoms. The second kappa shape index (κ2) is 6.24. The van der Waals surface area contributed by atoms with Gasteiger partial charge in [0.1, 0.15) is 23.1 Å². The zero-order valence-corrected chi connectivity index (χ0v) is 13.2. The van der Waals surface area contributed by atoms with Gasteiger partial charge in [0.25, 0.3) is 0 Å². The molecule has 0 atom stereocenters. The molecule has 0 radical (unpaired) electrons. The fraction of sp³-hybridized carbons (Fsp3) is 0.444. The van der Waals surface area contributed by atoms with E-state index in [9.17, 15) is 4.39 Å². The Balaban J connectivity index is 1.34. The lowest BCUT2D eigenvalue weighted by Gasteiger charge is -2.38. The van der Waals surface area contributed by atoms with Crippen LogP contribution in [0.4, 0.5) is 4.39 Å². The Bertz CT molecular complexity index is 614. The van der Waals surface area contributed by atoms with E-state index in [2.05, 4.69) is 21.2 Å². The lowest BCUT2D eigenvalue weighted by atomic mass is 10.2. The SMILES string of the molecule is Fc1ccc(OC2=CC=C(N3CCN(C4CC4)CC3)NC2)cc1. The highest BCUT2D eigenvalue weighted by molar-refractivity contribution is 5.28. The first-order chi connectivity index (χ1) is 11.3. The summed E-state index contributed by atoms with van der Waals surface area (Å²) in [5.41, 5.74) is 0. The zero-order chi connectivity index (χ0) is 15.6. The molecule has 1 saturated carbocycles. The van der Waals surface area contributed by atoms with Crippen LogP contribution in [0.5, 0.6) is 5.75 Å². The molecule has 122 valence electrons. The molecule has 4 rings (SSSR count). The Morgan fingerprint density at radius 2 is 1.74 bits per heavy atom. The van der Waals surface area contributed by atoms with Crippen LogP contribution in [-0.4, -0.2) is 48.6 Å². The second-order valence-electron chi connectivity index (χ2n) is 6.35. The summed E-state index contributed by atoms with van der Waals surface area (Å²) in [5, 5.41) is 3.43. The number of dihydropyridines is 1. The van der Waals surface area contributed by atoms with Crippen LogP contribution in [0.1, 0.15) is 12.8 Å². The predicted octanol–water partition coefficient (Wildman–Crippen LogP) is 2.31. The number of hydrogen-bond donors (Lipinski definition) is 1.